The normalized spacial score (nSPS) is 19.6. The third kappa shape index (κ3) is 3.50. The standard InChI is InChI=1S/C19H29N7O/c1-15(2)11-25-7-3-16-18(22-13-21-16)19(25)5-9-24(10-6-19)17(27)4-8-26-14-20-12-23-26/h12-15H,3-11H2,1-2H3,(H,21,22). The summed E-state index contributed by atoms with van der Waals surface area (Å²) in [4.78, 5) is 29.3. The van der Waals surface area contributed by atoms with E-state index in [0.29, 0.717) is 18.9 Å². The molecule has 1 fully saturated rings. The van der Waals surface area contributed by atoms with Gasteiger partial charge in [0.1, 0.15) is 12.7 Å². The van der Waals surface area contributed by atoms with Crippen molar-refractivity contribution in [2.75, 3.05) is 26.2 Å². The molecule has 8 nitrogen and oxygen atoms in total. The van der Waals surface area contributed by atoms with E-state index in [2.05, 4.69) is 33.8 Å². The third-order valence-electron chi connectivity index (χ3n) is 5.95. The number of nitrogens with one attached hydrogen (secondary N) is 1. The summed E-state index contributed by atoms with van der Waals surface area (Å²) in [6.07, 6.45) is 8.40. The van der Waals surface area contributed by atoms with E-state index in [9.17, 15) is 4.79 Å². The van der Waals surface area contributed by atoms with Crippen molar-refractivity contribution in [3.63, 3.8) is 0 Å². The van der Waals surface area contributed by atoms with Gasteiger partial charge in [-0.3, -0.25) is 14.4 Å². The van der Waals surface area contributed by atoms with Crippen molar-refractivity contribution in [2.45, 2.75) is 51.6 Å². The number of carbonyl (C=O) groups is 1. The molecular weight excluding hydrogens is 342 g/mol. The number of hydrogen-bond acceptors (Lipinski definition) is 5. The van der Waals surface area contributed by atoms with Crippen LogP contribution in [-0.2, 0) is 23.3 Å². The van der Waals surface area contributed by atoms with E-state index in [1.807, 2.05) is 11.2 Å². The molecule has 1 saturated heterocycles. The first-order valence-corrected chi connectivity index (χ1v) is 9.96. The number of nitrogens with zero attached hydrogens (tertiary/aromatic N) is 6. The summed E-state index contributed by atoms with van der Waals surface area (Å²) in [5, 5.41) is 4.07. The molecule has 4 heterocycles. The van der Waals surface area contributed by atoms with Gasteiger partial charge in [-0.1, -0.05) is 13.8 Å². The van der Waals surface area contributed by atoms with Crippen molar-refractivity contribution in [2.24, 2.45) is 5.92 Å². The number of aromatic nitrogens is 5. The molecule has 2 aromatic rings. The number of rotatable bonds is 5. The minimum Gasteiger partial charge on any atom is -0.348 e. The Bertz CT molecular complexity index is 759. The number of H-pyrrole nitrogens is 1. The van der Waals surface area contributed by atoms with E-state index in [1.165, 1.54) is 17.7 Å². The number of aryl methyl sites for hydroxylation is 1. The van der Waals surface area contributed by atoms with Crippen LogP contribution in [0.25, 0.3) is 0 Å². The Kier molecular flexibility index (Phi) is 4.99. The molecule has 2 aromatic heterocycles. The molecular formula is C19H29N7O. The van der Waals surface area contributed by atoms with E-state index in [4.69, 9.17) is 4.98 Å². The lowest BCUT2D eigenvalue weighted by molar-refractivity contribution is -0.135. The quantitative estimate of drug-likeness (QED) is 0.860. The second kappa shape index (κ2) is 7.42. The lowest BCUT2D eigenvalue weighted by Crippen LogP contribution is -2.57. The summed E-state index contributed by atoms with van der Waals surface area (Å²) in [6, 6.07) is 0. The Labute approximate surface area is 160 Å². The molecule has 4 rings (SSSR count). The first-order valence-electron chi connectivity index (χ1n) is 9.96. The number of hydrogen-bond donors (Lipinski definition) is 1. The average Bonchev–Trinajstić information content (AvgIpc) is 3.34. The van der Waals surface area contributed by atoms with Gasteiger partial charge in [0.15, 0.2) is 0 Å². The SMILES string of the molecule is CC(C)CN1CCc2[nH]cnc2C12CCN(C(=O)CCn1cncn1)CC2. The molecule has 2 aliphatic rings. The minimum absolute atomic E-state index is 0.0272. The molecule has 8 heteroatoms. The lowest BCUT2D eigenvalue weighted by Gasteiger charge is -2.51. The molecule has 1 N–H and O–H groups in total. The van der Waals surface area contributed by atoms with Crippen LogP contribution in [-0.4, -0.2) is 66.6 Å². The first kappa shape index (κ1) is 18.2. The van der Waals surface area contributed by atoms with Crippen LogP contribution in [0.5, 0.6) is 0 Å². The van der Waals surface area contributed by atoms with Gasteiger partial charge in [-0.05, 0) is 18.8 Å². The number of amides is 1. The van der Waals surface area contributed by atoms with Crippen LogP contribution in [0, 0.1) is 5.92 Å². The van der Waals surface area contributed by atoms with Gasteiger partial charge in [0, 0.05) is 44.7 Å². The fraction of sp³-hybridized carbons (Fsp3) is 0.684. The monoisotopic (exact) mass is 371 g/mol. The summed E-state index contributed by atoms with van der Waals surface area (Å²) in [6.45, 7) is 8.85. The highest BCUT2D eigenvalue weighted by Crippen LogP contribution is 2.42. The lowest BCUT2D eigenvalue weighted by atomic mass is 9.78. The van der Waals surface area contributed by atoms with Gasteiger partial charge in [-0.2, -0.15) is 5.10 Å². The maximum absolute atomic E-state index is 12.6. The molecule has 2 aliphatic heterocycles. The van der Waals surface area contributed by atoms with Gasteiger partial charge in [-0.25, -0.2) is 9.97 Å². The van der Waals surface area contributed by atoms with Crippen LogP contribution in [0.1, 0.15) is 44.5 Å². The largest absolute Gasteiger partial charge is 0.348 e. The van der Waals surface area contributed by atoms with Crippen LogP contribution in [0.3, 0.4) is 0 Å². The van der Waals surface area contributed by atoms with Crippen molar-refractivity contribution >= 4 is 5.91 Å². The van der Waals surface area contributed by atoms with Crippen LogP contribution >= 0.6 is 0 Å². The van der Waals surface area contributed by atoms with Crippen LogP contribution in [0.4, 0.5) is 0 Å². The van der Waals surface area contributed by atoms with E-state index >= 15 is 0 Å². The predicted octanol–water partition coefficient (Wildman–Crippen LogP) is 1.42. The fourth-order valence-electron chi connectivity index (χ4n) is 4.63. The van der Waals surface area contributed by atoms with Gasteiger partial charge in [-0.15, -0.1) is 0 Å². The zero-order chi connectivity index (χ0) is 18.9. The number of piperidine rings is 1. The third-order valence-corrected chi connectivity index (χ3v) is 5.95. The van der Waals surface area contributed by atoms with Crippen LogP contribution in [0.2, 0.25) is 0 Å². The summed E-state index contributed by atoms with van der Waals surface area (Å²) in [5.74, 6) is 0.818. The topological polar surface area (TPSA) is 82.9 Å². The van der Waals surface area contributed by atoms with Crippen LogP contribution < -0.4 is 0 Å². The van der Waals surface area contributed by atoms with Crippen molar-refractivity contribution in [1.82, 2.24) is 34.5 Å². The maximum Gasteiger partial charge on any atom is 0.224 e. The summed E-state index contributed by atoms with van der Waals surface area (Å²) in [7, 11) is 0. The minimum atomic E-state index is -0.0272. The fourth-order valence-corrected chi connectivity index (χ4v) is 4.63. The van der Waals surface area contributed by atoms with E-state index in [0.717, 1.165) is 45.4 Å². The van der Waals surface area contributed by atoms with Crippen LogP contribution in [0.15, 0.2) is 19.0 Å². The second-order valence-electron chi connectivity index (χ2n) is 8.14. The number of fused-ring (bicyclic) bond motifs is 2. The van der Waals surface area contributed by atoms with Gasteiger partial charge in [0.05, 0.1) is 24.1 Å². The summed E-state index contributed by atoms with van der Waals surface area (Å²) < 4.78 is 1.71. The molecule has 1 amide bonds. The first-order chi connectivity index (χ1) is 13.1. The molecule has 0 atom stereocenters. The van der Waals surface area contributed by atoms with Gasteiger partial charge >= 0.3 is 0 Å². The molecule has 0 bridgehead atoms. The number of imidazole rings is 1. The smallest absolute Gasteiger partial charge is 0.224 e. The zero-order valence-corrected chi connectivity index (χ0v) is 16.3. The molecule has 27 heavy (non-hydrogen) atoms. The molecule has 0 aliphatic carbocycles. The molecule has 0 radical (unpaired) electrons. The van der Waals surface area contributed by atoms with Crippen molar-refractivity contribution in [1.29, 1.82) is 0 Å². The van der Waals surface area contributed by atoms with Crippen molar-refractivity contribution < 1.29 is 4.79 Å². The summed E-state index contributed by atoms with van der Waals surface area (Å²) >= 11 is 0. The second-order valence-corrected chi connectivity index (χ2v) is 8.14. The van der Waals surface area contributed by atoms with E-state index in [-0.39, 0.29) is 11.4 Å². The van der Waals surface area contributed by atoms with E-state index in [1.54, 1.807) is 11.0 Å². The molecule has 0 unspecified atom stereocenters. The maximum atomic E-state index is 12.6. The summed E-state index contributed by atoms with van der Waals surface area (Å²) in [5.41, 5.74) is 2.46. The average molecular weight is 371 g/mol. The molecule has 0 aromatic carbocycles. The van der Waals surface area contributed by atoms with E-state index < -0.39 is 0 Å². The van der Waals surface area contributed by atoms with Gasteiger partial charge in [0.25, 0.3) is 0 Å². The molecule has 1 spiro atoms. The number of likely N-dealkylation sites (tertiary alicyclic amines) is 1. The Morgan fingerprint density at radius 1 is 1.30 bits per heavy atom. The Morgan fingerprint density at radius 3 is 2.81 bits per heavy atom. The molecule has 0 saturated carbocycles. The van der Waals surface area contributed by atoms with Gasteiger partial charge in [0.2, 0.25) is 5.91 Å². The van der Waals surface area contributed by atoms with Crippen molar-refractivity contribution in [3.05, 3.63) is 30.4 Å². The number of aromatic amines is 1. The Balaban J connectivity index is 1.44. The predicted molar refractivity (Wildman–Crippen MR) is 101 cm³/mol. The zero-order valence-electron chi connectivity index (χ0n) is 16.3. The highest BCUT2D eigenvalue weighted by Gasteiger charge is 2.47. The Morgan fingerprint density at radius 2 is 2.11 bits per heavy atom. The number of carbonyl (C=O) groups excluding carboxylic acids is 1. The highest BCUT2D eigenvalue weighted by molar-refractivity contribution is 5.76. The Hall–Kier alpha value is -2.22. The van der Waals surface area contributed by atoms with Gasteiger partial charge < -0.3 is 9.88 Å². The highest BCUT2D eigenvalue weighted by atomic mass is 16.2. The van der Waals surface area contributed by atoms with Crippen molar-refractivity contribution in [3.8, 4) is 0 Å². The molecule has 146 valence electrons.